The second kappa shape index (κ2) is 8.25. The van der Waals surface area contributed by atoms with Crippen LogP contribution in [0.5, 0.6) is 0 Å². The number of carbonyl (C=O) groups is 2. The van der Waals surface area contributed by atoms with Crippen LogP contribution in [0.1, 0.15) is 51.4 Å². The minimum atomic E-state index is -3.05. The van der Waals surface area contributed by atoms with Gasteiger partial charge in [0.2, 0.25) is 5.91 Å². The van der Waals surface area contributed by atoms with Gasteiger partial charge in [0.15, 0.2) is 9.84 Å². The first-order valence-corrected chi connectivity index (χ1v) is 11.6. The molecule has 0 aromatic carbocycles. The van der Waals surface area contributed by atoms with Crippen LogP contribution in [-0.4, -0.2) is 78.4 Å². The Bertz CT molecular complexity index is 629. The average molecular weight is 387 g/mol. The Kier molecular flexibility index (Phi) is 6.22. The van der Waals surface area contributed by atoms with E-state index in [0.717, 1.165) is 38.6 Å². The van der Waals surface area contributed by atoms with E-state index in [1.165, 1.54) is 6.42 Å². The first kappa shape index (κ1) is 19.6. The van der Waals surface area contributed by atoms with Gasteiger partial charge in [-0.1, -0.05) is 19.3 Å². The lowest BCUT2D eigenvalue weighted by Crippen LogP contribution is -2.53. The zero-order valence-corrected chi connectivity index (χ0v) is 16.1. The number of hydrogen-bond donors (Lipinski definition) is 1. The van der Waals surface area contributed by atoms with Crippen molar-refractivity contribution in [1.29, 1.82) is 0 Å². The fourth-order valence-electron chi connectivity index (χ4n) is 4.73. The minimum Gasteiger partial charge on any atom is -0.481 e. The molecule has 2 aliphatic heterocycles. The van der Waals surface area contributed by atoms with E-state index in [-0.39, 0.29) is 36.0 Å². The molecule has 2 unspecified atom stereocenters. The number of aliphatic carboxylic acids is 1. The Morgan fingerprint density at radius 1 is 1.00 bits per heavy atom. The molecule has 1 N–H and O–H groups in total. The van der Waals surface area contributed by atoms with Gasteiger partial charge in [-0.3, -0.25) is 14.5 Å². The Morgan fingerprint density at radius 3 is 2.35 bits per heavy atom. The van der Waals surface area contributed by atoms with Crippen LogP contribution in [0.4, 0.5) is 0 Å². The van der Waals surface area contributed by atoms with Gasteiger partial charge in [-0.25, -0.2) is 8.42 Å². The summed E-state index contributed by atoms with van der Waals surface area (Å²) in [6.45, 7) is 1.34. The van der Waals surface area contributed by atoms with Crippen LogP contribution in [0.15, 0.2) is 0 Å². The molecule has 0 radical (unpaired) electrons. The van der Waals surface area contributed by atoms with E-state index in [4.69, 9.17) is 0 Å². The molecule has 1 saturated carbocycles. The predicted octanol–water partition coefficient (Wildman–Crippen LogP) is 1.13. The van der Waals surface area contributed by atoms with E-state index < -0.39 is 21.7 Å². The van der Waals surface area contributed by atoms with E-state index in [1.807, 2.05) is 9.80 Å². The zero-order chi connectivity index (χ0) is 18.7. The maximum Gasteiger partial charge on any atom is 0.307 e. The number of carbonyl (C=O) groups excluding carboxylic acids is 1. The van der Waals surface area contributed by atoms with Crippen molar-refractivity contribution >= 4 is 21.7 Å². The molecule has 0 bridgehead atoms. The van der Waals surface area contributed by atoms with Crippen molar-refractivity contribution in [3.8, 4) is 0 Å². The summed E-state index contributed by atoms with van der Waals surface area (Å²) in [6.07, 6.45) is 7.20. The van der Waals surface area contributed by atoms with E-state index in [0.29, 0.717) is 19.4 Å². The molecule has 1 aliphatic carbocycles. The second-order valence-electron chi connectivity index (χ2n) is 8.06. The molecule has 7 nitrogen and oxygen atoms in total. The van der Waals surface area contributed by atoms with Crippen LogP contribution in [0.2, 0.25) is 0 Å². The highest BCUT2D eigenvalue weighted by molar-refractivity contribution is 7.91. The Balaban J connectivity index is 1.69. The van der Waals surface area contributed by atoms with Crippen LogP contribution in [0.3, 0.4) is 0 Å². The third kappa shape index (κ3) is 4.76. The topological polar surface area (TPSA) is 95.0 Å². The van der Waals surface area contributed by atoms with Crippen molar-refractivity contribution in [2.45, 2.75) is 63.5 Å². The normalized spacial score (nSPS) is 30.2. The molecule has 3 rings (SSSR count). The molecule has 148 valence electrons. The molecule has 0 spiro atoms. The predicted molar refractivity (Wildman–Crippen MR) is 97.6 cm³/mol. The fourth-order valence-corrected chi connectivity index (χ4v) is 6.44. The van der Waals surface area contributed by atoms with Crippen LogP contribution < -0.4 is 0 Å². The SMILES string of the molecule is O=C(O)C1CCCN(CC(=O)N(C2CCCCC2)C2CCS(=O)(=O)C2)C1. The van der Waals surface area contributed by atoms with Crippen molar-refractivity contribution in [2.75, 3.05) is 31.1 Å². The molecule has 3 aliphatic rings. The van der Waals surface area contributed by atoms with Crippen molar-refractivity contribution in [2.24, 2.45) is 5.92 Å². The molecule has 2 atom stereocenters. The number of carboxylic acid groups (broad SMARTS) is 1. The summed E-state index contributed by atoms with van der Waals surface area (Å²) in [6, 6.07) is -0.0785. The molecular formula is C18H30N2O5S. The lowest BCUT2D eigenvalue weighted by molar-refractivity contribution is -0.146. The first-order valence-electron chi connectivity index (χ1n) is 9.82. The van der Waals surface area contributed by atoms with Crippen molar-refractivity contribution < 1.29 is 23.1 Å². The van der Waals surface area contributed by atoms with Gasteiger partial charge < -0.3 is 10.0 Å². The number of rotatable bonds is 5. The lowest BCUT2D eigenvalue weighted by atomic mass is 9.92. The summed E-state index contributed by atoms with van der Waals surface area (Å²) in [5.41, 5.74) is 0. The van der Waals surface area contributed by atoms with Gasteiger partial charge in [-0.05, 0) is 38.6 Å². The molecule has 3 fully saturated rings. The molecule has 0 aromatic rings. The van der Waals surface area contributed by atoms with Gasteiger partial charge >= 0.3 is 5.97 Å². The summed E-state index contributed by atoms with van der Waals surface area (Å²) in [4.78, 5) is 28.2. The largest absolute Gasteiger partial charge is 0.481 e. The van der Waals surface area contributed by atoms with Gasteiger partial charge in [0.1, 0.15) is 0 Å². The third-order valence-electron chi connectivity index (χ3n) is 6.07. The maximum atomic E-state index is 13.1. The van der Waals surface area contributed by atoms with E-state index >= 15 is 0 Å². The van der Waals surface area contributed by atoms with Crippen LogP contribution in [0, 0.1) is 5.92 Å². The summed E-state index contributed by atoms with van der Waals surface area (Å²) in [5.74, 6) is -0.990. The van der Waals surface area contributed by atoms with Gasteiger partial charge in [-0.2, -0.15) is 0 Å². The second-order valence-corrected chi connectivity index (χ2v) is 10.3. The number of sulfone groups is 1. The van der Waals surface area contributed by atoms with Gasteiger partial charge in [-0.15, -0.1) is 0 Å². The molecule has 2 saturated heterocycles. The number of nitrogens with zero attached hydrogens (tertiary/aromatic N) is 2. The Labute approximate surface area is 155 Å². The zero-order valence-electron chi connectivity index (χ0n) is 15.3. The number of piperidine rings is 1. The summed E-state index contributed by atoms with van der Waals surface area (Å²) in [5, 5.41) is 9.24. The highest BCUT2D eigenvalue weighted by atomic mass is 32.2. The molecule has 8 heteroatoms. The lowest BCUT2D eigenvalue weighted by Gasteiger charge is -2.40. The number of likely N-dealkylation sites (tertiary alicyclic amines) is 1. The van der Waals surface area contributed by atoms with Gasteiger partial charge in [0, 0.05) is 18.6 Å². The smallest absolute Gasteiger partial charge is 0.307 e. The minimum absolute atomic E-state index is 0.0231. The summed E-state index contributed by atoms with van der Waals surface area (Å²) in [7, 11) is -3.05. The highest BCUT2D eigenvalue weighted by Gasteiger charge is 2.39. The van der Waals surface area contributed by atoms with Crippen molar-refractivity contribution in [1.82, 2.24) is 9.80 Å². The third-order valence-corrected chi connectivity index (χ3v) is 7.82. The molecule has 1 amide bonds. The van der Waals surface area contributed by atoms with E-state index in [9.17, 15) is 23.1 Å². The quantitative estimate of drug-likeness (QED) is 0.761. The first-order chi connectivity index (χ1) is 12.4. The molecule has 0 aromatic heterocycles. The van der Waals surface area contributed by atoms with Crippen LogP contribution >= 0.6 is 0 Å². The number of hydrogen-bond acceptors (Lipinski definition) is 5. The average Bonchev–Trinajstić information content (AvgIpc) is 2.95. The Hall–Kier alpha value is -1.15. The van der Waals surface area contributed by atoms with E-state index in [2.05, 4.69) is 0 Å². The van der Waals surface area contributed by atoms with Crippen molar-refractivity contribution in [3.63, 3.8) is 0 Å². The number of carboxylic acids is 1. The molecule has 2 heterocycles. The molecular weight excluding hydrogens is 356 g/mol. The van der Waals surface area contributed by atoms with Crippen LogP contribution in [0.25, 0.3) is 0 Å². The van der Waals surface area contributed by atoms with Gasteiger partial charge in [0.25, 0.3) is 0 Å². The van der Waals surface area contributed by atoms with Crippen molar-refractivity contribution in [3.05, 3.63) is 0 Å². The van der Waals surface area contributed by atoms with Crippen LogP contribution in [-0.2, 0) is 19.4 Å². The van der Waals surface area contributed by atoms with Gasteiger partial charge in [0.05, 0.1) is 24.0 Å². The summed E-state index contributed by atoms with van der Waals surface area (Å²) < 4.78 is 23.9. The standard InChI is InChI=1S/C18H30N2O5S/c21-17(12-19-9-4-5-14(11-19)18(22)23)20(15-6-2-1-3-7-15)16-8-10-26(24,25)13-16/h14-16H,1-13H2,(H,22,23). The molecule has 26 heavy (non-hydrogen) atoms. The highest BCUT2D eigenvalue weighted by Crippen LogP contribution is 2.29. The maximum absolute atomic E-state index is 13.1. The summed E-state index contributed by atoms with van der Waals surface area (Å²) >= 11 is 0. The fraction of sp³-hybridized carbons (Fsp3) is 0.889. The number of amides is 1. The monoisotopic (exact) mass is 386 g/mol. The van der Waals surface area contributed by atoms with E-state index in [1.54, 1.807) is 0 Å². The Morgan fingerprint density at radius 2 is 1.73 bits per heavy atom.